The van der Waals surface area contributed by atoms with E-state index in [0.717, 1.165) is 11.3 Å². The van der Waals surface area contributed by atoms with E-state index in [1.54, 1.807) is 7.11 Å². The minimum Gasteiger partial charge on any atom is -0.497 e. The summed E-state index contributed by atoms with van der Waals surface area (Å²) in [6.45, 7) is 5.33. The van der Waals surface area contributed by atoms with Crippen LogP contribution in [0.3, 0.4) is 0 Å². The van der Waals surface area contributed by atoms with Gasteiger partial charge < -0.3 is 9.84 Å². The summed E-state index contributed by atoms with van der Waals surface area (Å²) in [6, 6.07) is 9.89. The molecule has 0 aliphatic rings. The van der Waals surface area contributed by atoms with Crippen LogP contribution in [-0.2, 0) is 0 Å². The highest BCUT2D eigenvalue weighted by Crippen LogP contribution is 2.20. The third kappa shape index (κ3) is 4.90. The lowest BCUT2D eigenvalue weighted by molar-refractivity contribution is 0.0967. The number of ether oxygens (including phenoxy) is 1. The predicted molar refractivity (Wildman–Crippen MR) is 74.9 cm³/mol. The Morgan fingerprint density at radius 3 is 2.74 bits per heavy atom. The summed E-state index contributed by atoms with van der Waals surface area (Å²) in [6.07, 6.45) is -0.0978. The molecule has 0 radical (unpaired) electrons. The maximum Gasteiger partial charge on any atom is 0.119 e. The Labute approximate surface area is 115 Å². The quantitative estimate of drug-likeness (QED) is 0.819. The molecule has 4 nitrogen and oxygen atoms in total. The number of rotatable bonds is 7. The van der Waals surface area contributed by atoms with Gasteiger partial charge in [-0.2, -0.15) is 5.26 Å². The molecule has 0 spiro atoms. The first-order valence-corrected chi connectivity index (χ1v) is 6.51. The zero-order chi connectivity index (χ0) is 14.3. The number of hydrogen-bond donors (Lipinski definition) is 1. The first-order valence-electron chi connectivity index (χ1n) is 6.51. The van der Waals surface area contributed by atoms with Crippen LogP contribution in [-0.4, -0.2) is 36.2 Å². The molecular formula is C15H22N2O2. The van der Waals surface area contributed by atoms with Crippen molar-refractivity contribution in [1.82, 2.24) is 4.90 Å². The SMILES string of the molecule is COc1cccc(C(O)CN(CCC#N)C(C)C)c1. The second-order valence-corrected chi connectivity index (χ2v) is 4.79. The van der Waals surface area contributed by atoms with Crippen molar-refractivity contribution >= 4 is 0 Å². The lowest BCUT2D eigenvalue weighted by Gasteiger charge is -2.28. The number of nitriles is 1. The molecule has 0 saturated heterocycles. The second kappa shape index (κ2) is 7.78. The summed E-state index contributed by atoms with van der Waals surface area (Å²) in [4.78, 5) is 2.10. The van der Waals surface area contributed by atoms with Crippen molar-refractivity contribution in [3.05, 3.63) is 29.8 Å². The van der Waals surface area contributed by atoms with Crippen molar-refractivity contribution in [1.29, 1.82) is 5.26 Å². The van der Waals surface area contributed by atoms with Crippen LogP contribution in [0.1, 0.15) is 31.9 Å². The highest BCUT2D eigenvalue weighted by atomic mass is 16.5. The van der Waals surface area contributed by atoms with Crippen molar-refractivity contribution < 1.29 is 9.84 Å². The minimum absolute atomic E-state index is 0.300. The molecule has 19 heavy (non-hydrogen) atoms. The van der Waals surface area contributed by atoms with Crippen LogP contribution in [0.5, 0.6) is 5.75 Å². The lowest BCUT2D eigenvalue weighted by atomic mass is 10.1. The van der Waals surface area contributed by atoms with Gasteiger partial charge in [-0.15, -0.1) is 0 Å². The van der Waals surface area contributed by atoms with E-state index in [-0.39, 0.29) is 0 Å². The number of nitrogens with zero attached hydrogens (tertiary/aromatic N) is 2. The zero-order valence-corrected chi connectivity index (χ0v) is 11.8. The molecule has 0 aliphatic heterocycles. The van der Waals surface area contributed by atoms with Gasteiger partial charge in [0.15, 0.2) is 0 Å². The van der Waals surface area contributed by atoms with Gasteiger partial charge in [-0.3, -0.25) is 4.90 Å². The van der Waals surface area contributed by atoms with Gasteiger partial charge in [-0.25, -0.2) is 0 Å². The average Bonchev–Trinajstić information content (AvgIpc) is 2.42. The van der Waals surface area contributed by atoms with Gasteiger partial charge in [0.2, 0.25) is 0 Å². The van der Waals surface area contributed by atoms with Crippen molar-refractivity contribution in [2.45, 2.75) is 32.4 Å². The Hall–Kier alpha value is -1.57. The number of aliphatic hydroxyl groups excluding tert-OH is 1. The third-order valence-corrected chi connectivity index (χ3v) is 3.13. The molecular weight excluding hydrogens is 240 g/mol. The van der Waals surface area contributed by atoms with Gasteiger partial charge in [0.25, 0.3) is 0 Å². The van der Waals surface area contributed by atoms with Crippen molar-refractivity contribution in [2.75, 3.05) is 20.2 Å². The minimum atomic E-state index is -0.573. The summed E-state index contributed by atoms with van der Waals surface area (Å²) < 4.78 is 5.15. The fraction of sp³-hybridized carbons (Fsp3) is 0.533. The fourth-order valence-electron chi connectivity index (χ4n) is 1.93. The van der Waals surface area contributed by atoms with E-state index in [4.69, 9.17) is 10.00 Å². The summed E-state index contributed by atoms with van der Waals surface area (Å²) >= 11 is 0. The van der Waals surface area contributed by atoms with Crippen LogP contribution in [0.25, 0.3) is 0 Å². The normalized spacial score (nSPS) is 12.5. The maximum atomic E-state index is 10.3. The van der Waals surface area contributed by atoms with Crippen LogP contribution in [0, 0.1) is 11.3 Å². The monoisotopic (exact) mass is 262 g/mol. The lowest BCUT2D eigenvalue weighted by Crippen LogP contribution is -2.35. The van der Waals surface area contributed by atoms with E-state index >= 15 is 0 Å². The molecule has 0 heterocycles. The highest BCUT2D eigenvalue weighted by Gasteiger charge is 2.16. The van der Waals surface area contributed by atoms with Crippen LogP contribution in [0.4, 0.5) is 0 Å². The highest BCUT2D eigenvalue weighted by molar-refractivity contribution is 5.29. The summed E-state index contributed by atoms with van der Waals surface area (Å²) in [5.74, 6) is 0.740. The largest absolute Gasteiger partial charge is 0.497 e. The second-order valence-electron chi connectivity index (χ2n) is 4.79. The first kappa shape index (κ1) is 15.5. The molecule has 4 heteroatoms. The van der Waals surface area contributed by atoms with Crippen LogP contribution in [0.2, 0.25) is 0 Å². The Morgan fingerprint density at radius 1 is 1.42 bits per heavy atom. The van der Waals surface area contributed by atoms with Crippen LogP contribution in [0.15, 0.2) is 24.3 Å². The molecule has 104 valence electrons. The van der Waals surface area contributed by atoms with E-state index in [2.05, 4.69) is 24.8 Å². The van der Waals surface area contributed by atoms with Crippen molar-refractivity contribution in [3.8, 4) is 11.8 Å². The van der Waals surface area contributed by atoms with E-state index < -0.39 is 6.10 Å². The topological polar surface area (TPSA) is 56.5 Å². The summed E-state index contributed by atoms with van der Waals surface area (Å²) in [5, 5.41) is 18.9. The molecule has 1 rings (SSSR count). The van der Waals surface area contributed by atoms with Gasteiger partial charge in [-0.1, -0.05) is 12.1 Å². The standard InChI is InChI=1S/C15H22N2O2/c1-12(2)17(9-5-8-16)11-15(18)13-6-4-7-14(10-13)19-3/h4,6-7,10,12,15,18H,5,9,11H2,1-3H3. The van der Waals surface area contributed by atoms with Gasteiger partial charge in [0.1, 0.15) is 5.75 Å². The Morgan fingerprint density at radius 2 is 2.16 bits per heavy atom. The molecule has 1 aromatic rings. The van der Waals surface area contributed by atoms with Crippen molar-refractivity contribution in [2.24, 2.45) is 0 Å². The van der Waals surface area contributed by atoms with Crippen molar-refractivity contribution in [3.63, 3.8) is 0 Å². The molecule has 1 aromatic carbocycles. The van der Waals surface area contributed by atoms with E-state index in [1.807, 2.05) is 24.3 Å². The third-order valence-electron chi connectivity index (χ3n) is 3.13. The number of hydrogen-bond acceptors (Lipinski definition) is 4. The van der Waals surface area contributed by atoms with Crippen LogP contribution >= 0.6 is 0 Å². The number of benzene rings is 1. The van der Waals surface area contributed by atoms with Gasteiger partial charge in [0.05, 0.1) is 19.3 Å². The van der Waals surface area contributed by atoms with E-state index in [1.165, 1.54) is 0 Å². The van der Waals surface area contributed by atoms with E-state index in [9.17, 15) is 5.11 Å². The fourth-order valence-corrected chi connectivity index (χ4v) is 1.93. The molecule has 0 saturated carbocycles. The Bertz CT molecular complexity index is 426. The van der Waals surface area contributed by atoms with Gasteiger partial charge in [-0.05, 0) is 31.5 Å². The number of aliphatic hydroxyl groups is 1. The maximum absolute atomic E-state index is 10.3. The zero-order valence-electron chi connectivity index (χ0n) is 11.8. The molecule has 0 fully saturated rings. The first-order chi connectivity index (χ1) is 9.08. The molecule has 0 amide bonds. The predicted octanol–water partition coefficient (Wildman–Crippen LogP) is 2.35. The van der Waals surface area contributed by atoms with E-state index in [0.29, 0.717) is 25.6 Å². The molecule has 0 aliphatic carbocycles. The summed E-state index contributed by atoms with van der Waals surface area (Å²) in [5.41, 5.74) is 0.835. The van der Waals surface area contributed by atoms with Gasteiger partial charge >= 0.3 is 0 Å². The average molecular weight is 262 g/mol. The molecule has 1 unspecified atom stereocenters. The molecule has 0 aromatic heterocycles. The summed E-state index contributed by atoms with van der Waals surface area (Å²) in [7, 11) is 1.61. The smallest absolute Gasteiger partial charge is 0.119 e. The van der Waals surface area contributed by atoms with Gasteiger partial charge in [0, 0.05) is 25.6 Å². The van der Waals surface area contributed by atoms with Crippen LogP contribution < -0.4 is 4.74 Å². The molecule has 1 N–H and O–H groups in total. The Kier molecular flexibility index (Phi) is 6.34. The Balaban J connectivity index is 2.70. The molecule has 0 bridgehead atoms. The number of methoxy groups -OCH3 is 1. The molecule has 1 atom stereocenters.